The number of anilines is 1. The molecule has 1 saturated heterocycles. The zero-order chi connectivity index (χ0) is 20.1. The van der Waals surface area contributed by atoms with Crippen LogP contribution in [0.3, 0.4) is 0 Å². The molecule has 2 unspecified atom stereocenters. The highest BCUT2D eigenvalue weighted by molar-refractivity contribution is 6.04. The lowest BCUT2D eigenvalue weighted by molar-refractivity contribution is 0.102. The molecule has 0 bridgehead atoms. The molecule has 2 atom stereocenters. The van der Waals surface area contributed by atoms with Crippen molar-refractivity contribution in [1.29, 1.82) is 0 Å². The van der Waals surface area contributed by atoms with Crippen LogP contribution in [0.1, 0.15) is 36.0 Å². The Morgan fingerprint density at radius 1 is 1.00 bits per heavy atom. The fourth-order valence-electron chi connectivity index (χ4n) is 4.57. The molecule has 2 aliphatic rings. The quantitative estimate of drug-likeness (QED) is 0.672. The molecule has 5 nitrogen and oxygen atoms in total. The number of nitrogens with zero attached hydrogens (tertiary/aromatic N) is 1. The maximum Gasteiger partial charge on any atom is 0.255 e. The average Bonchev–Trinajstić information content (AvgIpc) is 3.34. The molecule has 1 aliphatic carbocycles. The van der Waals surface area contributed by atoms with Crippen molar-refractivity contribution in [3.05, 3.63) is 54.1 Å². The van der Waals surface area contributed by atoms with Crippen molar-refractivity contribution < 1.29 is 14.3 Å². The first-order chi connectivity index (χ1) is 14.2. The van der Waals surface area contributed by atoms with Gasteiger partial charge in [-0.3, -0.25) is 4.79 Å². The number of ether oxygens (including phenoxy) is 2. The number of amides is 1. The number of carbonyl (C=O) groups excluding carboxylic acids is 1. The van der Waals surface area contributed by atoms with Gasteiger partial charge in [0.2, 0.25) is 0 Å². The van der Waals surface area contributed by atoms with Crippen molar-refractivity contribution >= 4 is 11.6 Å². The molecule has 0 aromatic heterocycles. The monoisotopic (exact) mass is 394 g/mol. The van der Waals surface area contributed by atoms with Crippen LogP contribution in [0.5, 0.6) is 11.5 Å². The van der Waals surface area contributed by atoms with Crippen molar-refractivity contribution in [1.82, 2.24) is 4.90 Å². The van der Waals surface area contributed by atoms with E-state index in [1.54, 1.807) is 31.4 Å². The summed E-state index contributed by atoms with van der Waals surface area (Å²) in [6, 6.07) is 14.6. The summed E-state index contributed by atoms with van der Waals surface area (Å²) in [5, 5.41) is 2.90. The smallest absolute Gasteiger partial charge is 0.255 e. The predicted octanol–water partition coefficient (Wildman–Crippen LogP) is 4.45. The van der Waals surface area contributed by atoms with E-state index in [4.69, 9.17) is 9.47 Å². The normalized spacial score (nSPS) is 21.0. The molecule has 2 aromatic carbocycles. The van der Waals surface area contributed by atoms with E-state index in [9.17, 15) is 4.79 Å². The highest BCUT2D eigenvalue weighted by Crippen LogP contribution is 2.37. The number of hydrogen-bond acceptors (Lipinski definition) is 4. The van der Waals surface area contributed by atoms with Crippen molar-refractivity contribution in [3.63, 3.8) is 0 Å². The molecule has 1 N–H and O–H groups in total. The minimum Gasteiger partial charge on any atom is -0.497 e. The molecule has 2 aromatic rings. The van der Waals surface area contributed by atoms with Crippen molar-refractivity contribution in [2.24, 2.45) is 11.8 Å². The molecule has 2 fully saturated rings. The fraction of sp³-hybridized carbons (Fsp3) is 0.458. The van der Waals surface area contributed by atoms with Crippen LogP contribution in [-0.4, -0.2) is 44.2 Å². The van der Waals surface area contributed by atoms with E-state index in [-0.39, 0.29) is 5.91 Å². The zero-order valence-electron chi connectivity index (χ0n) is 17.1. The Bertz CT molecular complexity index is 792. The first-order valence-electron chi connectivity index (χ1n) is 10.6. The SMILES string of the molecule is COc1ccc(C(=O)Nc2ccc(OCCCN3CC4CCCC4C3)cc2)cc1. The van der Waals surface area contributed by atoms with Gasteiger partial charge in [0.05, 0.1) is 13.7 Å². The Balaban J connectivity index is 1.18. The minimum absolute atomic E-state index is 0.142. The van der Waals surface area contributed by atoms with Crippen LogP contribution >= 0.6 is 0 Å². The van der Waals surface area contributed by atoms with Gasteiger partial charge in [0, 0.05) is 30.9 Å². The first-order valence-corrected chi connectivity index (χ1v) is 10.6. The third kappa shape index (κ3) is 5.10. The van der Waals surface area contributed by atoms with Gasteiger partial charge in [0.25, 0.3) is 5.91 Å². The largest absolute Gasteiger partial charge is 0.497 e. The maximum atomic E-state index is 12.3. The molecule has 1 saturated carbocycles. The lowest BCUT2D eigenvalue weighted by Crippen LogP contribution is -2.24. The Kier molecular flexibility index (Phi) is 6.35. The topological polar surface area (TPSA) is 50.8 Å². The number of carbonyl (C=O) groups is 1. The highest BCUT2D eigenvalue weighted by atomic mass is 16.5. The third-order valence-corrected chi connectivity index (χ3v) is 6.15. The second-order valence-corrected chi connectivity index (χ2v) is 8.12. The van der Waals surface area contributed by atoms with Crippen LogP contribution in [0.15, 0.2) is 48.5 Å². The summed E-state index contributed by atoms with van der Waals surface area (Å²) in [5.41, 5.74) is 1.35. The van der Waals surface area contributed by atoms with Gasteiger partial charge in [-0.05, 0) is 79.6 Å². The van der Waals surface area contributed by atoms with Crippen LogP contribution < -0.4 is 14.8 Å². The summed E-state index contributed by atoms with van der Waals surface area (Å²) >= 11 is 0. The van der Waals surface area contributed by atoms with Gasteiger partial charge in [-0.2, -0.15) is 0 Å². The Morgan fingerprint density at radius 2 is 1.66 bits per heavy atom. The van der Waals surface area contributed by atoms with E-state index in [2.05, 4.69) is 10.2 Å². The van der Waals surface area contributed by atoms with E-state index < -0.39 is 0 Å². The molecular formula is C24H30N2O3. The number of fused-ring (bicyclic) bond motifs is 1. The molecule has 5 heteroatoms. The number of hydrogen-bond donors (Lipinski definition) is 1. The number of methoxy groups -OCH3 is 1. The van der Waals surface area contributed by atoms with Crippen LogP contribution in [0.25, 0.3) is 0 Å². The molecule has 154 valence electrons. The average molecular weight is 395 g/mol. The number of benzene rings is 2. The zero-order valence-corrected chi connectivity index (χ0v) is 17.1. The summed E-state index contributed by atoms with van der Waals surface area (Å²) in [6.07, 6.45) is 5.34. The van der Waals surface area contributed by atoms with Crippen molar-refractivity contribution in [3.8, 4) is 11.5 Å². The Morgan fingerprint density at radius 3 is 2.31 bits per heavy atom. The van der Waals surface area contributed by atoms with Gasteiger partial charge in [-0.25, -0.2) is 0 Å². The second-order valence-electron chi connectivity index (χ2n) is 8.12. The maximum absolute atomic E-state index is 12.3. The summed E-state index contributed by atoms with van der Waals surface area (Å²) in [5.74, 6) is 3.34. The van der Waals surface area contributed by atoms with E-state index in [0.717, 1.165) is 48.6 Å². The molecular weight excluding hydrogens is 364 g/mol. The first kappa shape index (κ1) is 19.8. The molecule has 4 rings (SSSR count). The molecule has 1 aliphatic heterocycles. The van der Waals surface area contributed by atoms with Gasteiger partial charge in [-0.1, -0.05) is 6.42 Å². The minimum atomic E-state index is -0.142. The lowest BCUT2D eigenvalue weighted by Gasteiger charge is -2.16. The van der Waals surface area contributed by atoms with Gasteiger partial charge < -0.3 is 19.7 Å². The summed E-state index contributed by atoms with van der Waals surface area (Å²) in [6.45, 7) is 4.42. The number of rotatable bonds is 8. The lowest BCUT2D eigenvalue weighted by atomic mass is 10.0. The van der Waals surface area contributed by atoms with Crippen LogP contribution in [0.2, 0.25) is 0 Å². The predicted molar refractivity (Wildman–Crippen MR) is 115 cm³/mol. The standard InChI is InChI=1S/C24H30N2O3/c1-28-22-10-6-18(7-11-22)24(27)25-21-8-12-23(13-9-21)29-15-3-14-26-16-19-4-2-5-20(19)17-26/h6-13,19-20H,2-5,14-17H2,1H3,(H,25,27). The Labute approximate surface area is 173 Å². The van der Waals surface area contributed by atoms with E-state index in [0.29, 0.717) is 5.56 Å². The van der Waals surface area contributed by atoms with Gasteiger partial charge >= 0.3 is 0 Å². The number of nitrogens with one attached hydrogen (secondary N) is 1. The number of likely N-dealkylation sites (tertiary alicyclic amines) is 1. The summed E-state index contributed by atoms with van der Waals surface area (Å²) in [7, 11) is 1.61. The molecule has 1 amide bonds. The van der Waals surface area contributed by atoms with Crippen molar-refractivity contribution in [2.75, 3.05) is 38.7 Å². The third-order valence-electron chi connectivity index (χ3n) is 6.15. The van der Waals surface area contributed by atoms with Gasteiger partial charge in [-0.15, -0.1) is 0 Å². The molecule has 0 spiro atoms. The summed E-state index contributed by atoms with van der Waals surface area (Å²) < 4.78 is 11.0. The Hall–Kier alpha value is -2.53. The highest BCUT2D eigenvalue weighted by Gasteiger charge is 2.35. The molecule has 0 radical (unpaired) electrons. The second kappa shape index (κ2) is 9.31. The molecule has 1 heterocycles. The molecule has 29 heavy (non-hydrogen) atoms. The van der Waals surface area contributed by atoms with E-state index in [1.807, 2.05) is 24.3 Å². The van der Waals surface area contributed by atoms with E-state index in [1.165, 1.54) is 32.4 Å². The summed E-state index contributed by atoms with van der Waals surface area (Å²) in [4.78, 5) is 14.9. The van der Waals surface area contributed by atoms with E-state index >= 15 is 0 Å². The van der Waals surface area contributed by atoms with Crippen molar-refractivity contribution in [2.45, 2.75) is 25.7 Å². The fourth-order valence-corrected chi connectivity index (χ4v) is 4.57. The van der Waals surface area contributed by atoms with Gasteiger partial charge in [0.15, 0.2) is 0 Å². The van der Waals surface area contributed by atoms with Crippen LogP contribution in [-0.2, 0) is 0 Å². The van der Waals surface area contributed by atoms with Crippen LogP contribution in [0.4, 0.5) is 5.69 Å². The van der Waals surface area contributed by atoms with Crippen LogP contribution in [0, 0.1) is 11.8 Å². The van der Waals surface area contributed by atoms with Gasteiger partial charge in [0.1, 0.15) is 11.5 Å².